The molecule has 8 nitrogen and oxygen atoms in total. The van der Waals surface area contributed by atoms with Crippen LogP contribution in [0.3, 0.4) is 0 Å². The lowest BCUT2D eigenvalue weighted by Crippen LogP contribution is -2.42. The van der Waals surface area contributed by atoms with Crippen LogP contribution in [0.15, 0.2) is 41.3 Å². The third-order valence-electron chi connectivity index (χ3n) is 4.69. The standard InChI is InChI=1S/C19H19ClFN3O5S/c1-29-17-5-2-13(21)7-11(17)6-12-9-23-18(25)10-24(19(12)26)30(27,28)14-3-4-15(20)16(22)8-14/h2-5,7-8,12H,6,9-10,22H2,1H3,(H,23,25). The number of nitrogens with one attached hydrogen (secondary N) is 1. The van der Waals surface area contributed by atoms with Crippen LogP contribution in [0, 0.1) is 11.7 Å². The largest absolute Gasteiger partial charge is 0.496 e. The molecule has 0 aromatic heterocycles. The van der Waals surface area contributed by atoms with Gasteiger partial charge in [-0.3, -0.25) is 9.59 Å². The normalized spacial score (nSPS) is 17.4. The summed E-state index contributed by atoms with van der Waals surface area (Å²) in [5, 5.41) is 2.68. The molecule has 1 atom stereocenters. The number of carbonyl (C=O) groups excluding carboxylic acids is 2. The van der Waals surface area contributed by atoms with Gasteiger partial charge in [-0.05, 0) is 48.4 Å². The minimum atomic E-state index is -4.38. The second-order valence-corrected chi connectivity index (χ2v) is 8.96. The van der Waals surface area contributed by atoms with Crippen molar-refractivity contribution in [3.8, 4) is 5.75 Å². The van der Waals surface area contributed by atoms with Crippen LogP contribution in [-0.4, -0.2) is 44.7 Å². The predicted octanol–water partition coefficient (Wildman–Crippen LogP) is 1.58. The molecule has 3 rings (SSSR count). The SMILES string of the molecule is COc1ccc(F)cc1CC1CNC(=O)CN(S(=O)(=O)c2ccc(Cl)c(N)c2)C1=O. The number of nitrogens with zero attached hydrogens (tertiary/aromatic N) is 1. The molecule has 0 spiro atoms. The number of sulfonamides is 1. The zero-order valence-corrected chi connectivity index (χ0v) is 17.5. The molecule has 1 unspecified atom stereocenters. The Kier molecular flexibility index (Phi) is 6.18. The van der Waals surface area contributed by atoms with Crippen LogP contribution in [0.25, 0.3) is 0 Å². The van der Waals surface area contributed by atoms with Crippen molar-refractivity contribution in [2.75, 3.05) is 25.9 Å². The lowest BCUT2D eigenvalue weighted by Gasteiger charge is -2.23. The van der Waals surface area contributed by atoms with Gasteiger partial charge < -0.3 is 15.8 Å². The molecule has 0 bridgehead atoms. The maximum Gasteiger partial charge on any atom is 0.267 e. The van der Waals surface area contributed by atoms with E-state index in [2.05, 4.69) is 5.32 Å². The smallest absolute Gasteiger partial charge is 0.267 e. The van der Waals surface area contributed by atoms with Gasteiger partial charge in [0.05, 0.1) is 28.6 Å². The Morgan fingerprint density at radius 1 is 1.27 bits per heavy atom. The Morgan fingerprint density at radius 3 is 2.67 bits per heavy atom. The fourth-order valence-corrected chi connectivity index (χ4v) is 4.70. The molecule has 1 saturated heterocycles. The van der Waals surface area contributed by atoms with Crippen molar-refractivity contribution in [2.45, 2.75) is 11.3 Å². The molecule has 1 heterocycles. The second kappa shape index (κ2) is 8.49. The van der Waals surface area contributed by atoms with E-state index in [1.54, 1.807) is 0 Å². The lowest BCUT2D eigenvalue weighted by atomic mass is 9.97. The quantitative estimate of drug-likeness (QED) is 0.661. The summed E-state index contributed by atoms with van der Waals surface area (Å²) in [5.41, 5.74) is 6.08. The Balaban J connectivity index is 1.97. The monoisotopic (exact) mass is 455 g/mol. The average Bonchev–Trinajstić information content (AvgIpc) is 2.84. The van der Waals surface area contributed by atoms with Gasteiger partial charge >= 0.3 is 0 Å². The van der Waals surface area contributed by atoms with Crippen molar-refractivity contribution < 1.29 is 27.1 Å². The van der Waals surface area contributed by atoms with Gasteiger partial charge in [0.25, 0.3) is 10.0 Å². The molecule has 160 valence electrons. The molecule has 1 fully saturated rings. The van der Waals surface area contributed by atoms with Crippen molar-refractivity contribution in [3.63, 3.8) is 0 Å². The van der Waals surface area contributed by atoms with Crippen LogP contribution < -0.4 is 15.8 Å². The van der Waals surface area contributed by atoms with Gasteiger partial charge in [-0.2, -0.15) is 0 Å². The van der Waals surface area contributed by atoms with Crippen LogP contribution in [0.4, 0.5) is 10.1 Å². The first kappa shape index (κ1) is 21.8. The Labute approximate surface area is 177 Å². The molecule has 0 radical (unpaired) electrons. The van der Waals surface area contributed by atoms with Crippen molar-refractivity contribution in [1.29, 1.82) is 0 Å². The highest BCUT2D eigenvalue weighted by Crippen LogP contribution is 2.28. The van der Waals surface area contributed by atoms with E-state index < -0.39 is 40.1 Å². The summed E-state index contributed by atoms with van der Waals surface area (Å²) >= 11 is 5.84. The number of nitrogens with two attached hydrogens (primary N) is 1. The van der Waals surface area contributed by atoms with Crippen LogP contribution in [0.5, 0.6) is 5.75 Å². The highest BCUT2D eigenvalue weighted by atomic mass is 35.5. The van der Waals surface area contributed by atoms with Gasteiger partial charge in [0, 0.05) is 6.54 Å². The van der Waals surface area contributed by atoms with E-state index in [0.717, 1.165) is 6.07 Å². The molecule has 2 aromatic rings. The number of halogens is 2. The topological polar surface area (TPSA) is 119 Å². The number of carbonyl (C=O) groups is 2. The molecule has 3 N–H and O–H groups in total. The van der Waals surface area contributed by atoms with E-state index in [0.29, 0.717) is 15.6 Å². The molecule has 0 saturated carbocycles. The molecule has 2 aromatic carbocycles. The zero-order chi connectivity index (χ0) is 22.1. The Bertz CT molecular complexity index is 1110. The maximum atomic E-state index is 13.7. The van der Waals surface area contributed by atoms with E-state index in [1.807, 2.05) is 0 Å². The van der Waals surface area contributed by atoms with Gasteiger partial charge in [-0.1, -0.05) is 11.6 Å². The highest BCUT2D eigenvalue weighted by Gasteiger charge is 2.38. The van der Waals surface area contributed by atoms with E-state index in [4.69, 9.17) is 22.1 Å². The molecular formula is C19H19ClFN3O5S. The van der Waals surface area contributed by atoms with Crippen LogP contribution in [0.2, 0.25) is 5.02 Å². The van der Waals surface area contributed by atoms with Gasteiger partial charge in [0.15, 0.2) is 0 Å². The van der Waals surface area contributed by atoms with Crippen molar-refractivity contribution in [2.24, 2.45) is 5.92 Å². The van der Waals surface area contributed by atoms with Gasteiger partial charge in [0.1, 0.15) is 18.1 Å². The number of anilines is 1. The van der Waals surface area contributed by atoms with Gasteiger partial charge in [-0.15, -0.1) is 0 Å². The summed E-state index contributed by atoms with van der Waals surface area (Å²) in [4.78, 5) is 25.0. The first-order valence-electron chi connectivity index (χ1n) is 8.84. The first-order valence-corrected chi connectivity index (χ1v) is 10.7. The number of hydrogen-bond acceptors (Lipinski definition) is 6. The summed E-state index contributed by atoms with van der Waals surface area (Å²) in [6.45, 7) is -0.785. The molecule has 1 aliphatic rings. The number of amides is 2. The van der Waals surface area contributed by atoms with Gasteiger partial charge in [0.2, 0.25) is 11.8 Å². The number of hydrogen-bond donors (Lipinski definition) is 2. The lowest BCUT2D eigenvalue weighted by molar-refractivity contribution is -0.131. The van der Waals surface area contributed by atoms with E-state index in [-0.39, 0.29) is 28.6 Å². The molecule has 0 aliphatic carbocycles. The fraction of sp³-hybridized carbons (Fsp3) is 0.263. The maximum absolute atomic E-state index is 13.7. The first-order chi connectivity index (χ1) is 14.1. The number of benzene rings is 2. The summed E-state index contributed by atoms with van der Waals surface area (Å²) in [5.74, 6) is -2.57. The van der Waals surface area contributed by atoms with E-state index in [1.165, 1.54) is 37.4 Å². The zero-order valence-electron chi connectivity index (χ0n) is 15.9. The minimum Gasteiger partial charge on any atom is -0.496 e. The second-order valence-electron chi connectivity index (χ2n) is 6.69. The van der Waals surface area contributed by atoms with Crippen LogP contribution >= 0.6 is 11.6 Å². The third kappa shape index (κ3) is 4.34. The average molecular weight is 456 g/mol. The molecule has 2 amide bonds. The van der Waals surface area contributed by atoms with Crippen LogP contribution in [-0.2, 0) is 26.0 Å². The summed E-state index contributed by atoms with van der Waals surface area (Å²) < 4.78 is 45.6. The highest BCUT2D eigenvalue weighted by molar-refractivity contribution is 7.89. The number of methoxy groups -OCH3 is 1. The van der Waals surface area contributed by atoms with Crippen molar-refractivity contribution >= 4 is 39.1 Å². The minimum absolute atomic E-state index is 0.0190. The van der Waals surface area contributed by atoms with E-state index >= 15 is 0 Å². The molecule has 11 heteroatoms. The molecule has 1 aliphatic heterocycles. The predicted molar refractivity (Wildman–Crippen MR) is 108 cm³/mol. The number of ether oxygens (including phenoxy) is 1. The third-order valence-corrected chi connectivity index (χ3v) is 6.78. The molecule has 30 heavy (non-hydrogen) atoms. The summed E-state index contributed by atoms with van der Waals surface area (Å²) in [6, 6.07) is 7.45. The summed E-state index contributed by atoms with van der Waals surface area (Å²) in [7, 11) is -2.98. The van der Waals surface area contributed by atoms with E-state index in [9.17, 15) is 22.4 Å². The van der Waals surface area contributed by atoms with Gasteiger partial charge in [-0.25, -0.2) is 17.1 Å². The van der Waals surface area contributed by atoms with Crippen molar-refractivity contribution in [3.05, 3.63) is 52.8 Å². The fourth-order valence-electron chi connectivity index (χ4n) is 3.14. The molecular weight excluding hydrogens is 437 g/mol. The number of nitrogen functional groups attached to an aromatic ring is 1. The number of rotatable bonds is 5. The Hall–Kier alpha value is -2.85. The summed E-state index contributed by atoms with van der Waals surface area (Å²) in [6.07, 6.45) is -0.0329. The Morgan fingerprint density at radius 2 is 2.00 bits per heavy atom. The van der Waals surface area contributed by atoms with Crippen LogP contribution in [0.1, 0.15) is 5.56 Å². The van der Waals surface area contributed by atoms with Crippen molar-refractivity contribution in [1.82, 2.24) is 9.62 Å².